The van der Waals surface area contributed by atoms with Crippen molar-refractivity contribution in [1.29, 1.82) is 0 Å². The summed E-state index contributed by atoms with van der Waals surface area (Å²) in [7, 11) is 3.18. The number of likely N-dealkylation sites (tertiary alicyclic amines) is 1. The fourth-order valence-electron chi connectivity index (χ4n) is 3.91. The molecule has 1 aliphatic heterocycles. The van der Waals surface area contributed by atoms with Gasteiger partial charge in [0.2, 0.25) is 0 Å². The molecule has 0 spiro atoms. The van der Waals surface area contributed by atoms with E-state index in [4.69, 9.17) is 4.74 Å². The molecule has 0 radical (unpaired) electrons. The molecule has 1 aliphatic rings. The molecule has 10 heteroatoms. The number of carbonyl (C=O) groups is 2. The van der Waals surface area contributed by atoms with Crippen molar-refractivity contribution in [3.63, 3.8) is 0 Å². The van der Waals surface area contributed by atoms with Gasteiger partial charge in [-0.05, 0) is 32.8 Å². The summed E-state index contributed by atoms with van der Waals surface area (Å²) in [4.78, 5) is 26.5. The fourth-order valence-corrected chi connectivity index (χ4v) is 3.91. The van der Waals surface area contributed by atoms with Crippen molar-refractivity contribution in [3.8, 4) is 0 Å². The van der Waals surface area contributed by atoms with Crippen molar-refractivity contribution < 1.29 is 19.4 Å². The Kier molecular flexibility index (Phi) is 6.57. The van der Waals surface area contributed by atoms with Crippen LogP contribution in [-0.4, -0.2) is 80.8 Å². The van der Waals surface area contributed by atoms with E-state index in [-0.39, 0.29) is 24.1 Å². The first-order valence-electron chi connectivity index (χ1n) is 10.1. The van der Waals surface area contributed by atoms with Gasteiger partial charge in [-0.3, -0.25) is 9.59 Å². The molecule has 2 amide bonds. The number of hydrogen-bond donors (Lipinski definition) is 2. The largest absolute Gasteiger partial charge is 0.388 e. The van der Waals surface area contributed by atoms with Crippen molar-refractivity contribution in [1.82, 2.24) is 29.8 Å². The van der Waals surface area contributed by atoms with Gasteiger partial charge < -0.3 is 24.6 Å². The maximum absolute atomic E-state index is 13.1. The number of nitrogens with zero attached hydrogens (tertiary/aromatic N) is 5. The number of hydrogen-bond acceptors (Lipinski definition) is 6. The molecule has 0 aliphatic carbocycles. The Morgan fingerprint density at radius 2 is 2.00 bits per heavy atom. The maximum atomic E-state index is 13.1. The lowest BCUT2D eigenvalue weighted by Gasteiger charge is -2.38. The van der Waals surface area contributed by atoms with Gasteiger partial charge in [0, 0.05) is 45.2 Å². The number of carbonyl (C=O) groups excluding carboxylic acids is 2. The Balaban J connectivity index is 1.63. The van der Waals surface area contributed by atoms with Crippen LogP contribution in [0.15, 0.2) is 12.3 Å². The first-order chi connectivity index (χ1) is 14.3. The van der Waals surface area contributed by atoms with Crippen molar-refractivity contribution in [2.75, 3.05) is 33.9 Å². The summed E-state index contributed by atoms with van der Waals surface area (Å²) in [6.07, 6.45) is 2.37. The predicted molar refractivity (Wildman–Crippen MR) is 109 cm³/mol. The maximum Gasteiger partial charge on any atom is 0.273 e. The van der Waals surface area contributed by atoms with E-state index in [1.807, 2.05) is 19.9 Å². The molecule has 0 bridgehead atoms. The molecule has 0 saturated carbocycles. The van der Waals surface area contributed by atoms with Gasteiger partial charge in [-0.25, -0.2) is 4.68 Å². The van der Waals surface area contributed by atoms with Crippen LogP contribution in [0.25, 0.3) is 0 Å². The van der Waals surface area contributed by atoms with Crippen LogP contribution in [0.4, 0.5) is 0 Å². The van der Waals surface area contributed by atoms with Crippen LogP contribution in [-0.2, 0) is 17.8 Å². The number of aromatic nitrogens is 4. The minimum Gasteiger partial charge on any atom is -0.388 e. The van der Waals surface area contributed by atoms with Crippen molar-refractivity contribution in [2.24, 2.45) is 0 Å². The minimum atomic E-state index is -1.00. The normalized spacial score (nSPS) is 16.0. The summed E-state index contributed by atoms with van der Waals surface area (Å²) in [5, 5.41) is 21.2. The summed E-state index contributed by atoms with van der Waals surface area (Å²) in [6.45, 7) is 6.36. The number of amides is 2. The summed E-state index contributed by atoms with van der Waals surface area (Å²) in [5.41, 5.74) is 1.86. The molecule has 0 unspecified atom stereocenters. The average molecular weight is 418 g/mol. The van der Waals surface area contributed by atoms with Gasteiger partial charge in [0.05, 0.1) is 30.5 Å². The van der Waals surface area contributed by atoms with Crippen LogP contribution in [0.5, 0.6) is 0 Å². The fraction of sp³-hybridized carbons (Fsp3) is 0.600. The summed E-state index contributed by atoms with van der Waals surface area (Å²) in [6, 6.07) is 1.92. The number of rotatable bonds is 7. The number of ether oxygens (including phenoxy) is 1. The van der Waals surface area contributed by atoms with Gasteiger partial charge in [-0.1, -0.05) is 5.21 Å². The van der Waals surface area contributed by atoms with Gasteiger partial charge in [0.25, 0.3) is 11.8 Å². The monoisotopic (exact) mass is 418 g/mol. The summed E-state index contributed by atoms with van der Waals surface area (Å²) < 4.78 is 8.72. The highest BCUT2D eigenvalue weighted by atomic mass is 16.5. The van der Waals surface area contributed by atoms with E-state index in [9.17, 15) is 14.7 Å². The molecule has 1 fully saturated rings. The molecule has 2 aromatic rings. The molecule has 10 nitrogen and oxygen atoms in total. The molecule has 3 heterocycles. The molecular formula is C20H30N6O4. The Morgan fingerprint density at radius 1 is 1.30 bits per heavy atom. The molecule has 2 N–H and O–H groups in total. The van der Waals surface area contributed by atoms with Crippen LogP contribution < -0.4 is 5.32 Å². The van der Waals surface area contributed by atoms with Gasteiger partial charge in [-0.15, -0.1) is 5.10 Å². The standard InChI is InChI=1S/C20H30N6O4/c1-14-11-16(15(2)26(14)9-10-30-4)19(28)24-7-5-20(29,6-8-24)13-25-12-17(22-23-25)18(27)21-3/h11-12,29H,5-10,13H2,1-4H3,(H,21,27). The third-order valence-electron chi connectivity index (χ3n) is 5.76. The van der Waals surface area contributed by atoms with E-state index < -0.39 is 5.60 Å². The van der Waals surface area contributed by atoms with E-state index in [0.29, 0.717) is 44.6 Å². The van der Waals surface area contributed by atoms with Crippen molar-refractivity contribution in [2.45, 2.75) is 45.4 Å². The Bertz CT molecular complexity index is 911. The smallest absolute Gasteiger partial charge is 0.273 e. The second-order valence-electron chi connectivity index (χ2n) is 7.83. The number of piperidine rings is 1. The summed E-state index contributed by atoms with van der Waals surface area (Å²) >= 11 is 0. The minimum absolute atomic E-state index is 0.0172. The van der Waals surface area contributed by atoms with Crippen LogP contribution in [0.3, 0.4) is 0 Å². The molecule has 3 rings (SSSR count). The van der Waals surface area contributed by atoms with E-state index in [1.165, 1.54) is 17.9 Å². The van der Waals surface area contributed by atoms with Crippen molar-refractivity contribution >= 4 is 11.8 Å². The first kappa shape index (κ1) is 22.0. The molecule has 164 valence electrons. The van der Waals surface area contributed by atoms with Gasteiger partial charge >= 0.3 is 0 Å². The topological polar surface area (TPSA) is 115 Å². The molecule has 0 atom stereocenters. The predicted octanol–water partition coefficient (Wildman–Crippen LogP) is 0.370. The highest BCUT2D eigenvalue weighted by molar-refractivity contribution is 5.95. The highest BCUT2D eigenvalue weighted by Crippen LogP contribution is 2.26. The molecule has 1 saturated heterocycles. The zero-order valence-corrected chi connectivity index (χ0v) is 18.0. The van der Waals surface area contributed by atoms with Crippen LogP contribution >= 0.6 is 0 Å². The molecule has 2 aromatic heterocycles. The zero-order chi connectivity index (χ0) is 21.9. The lowest BCUT2D eigenvalue weighted by Crippen LogP contribution is -2.48. The third-order valence-corrected chi connectivity index (χ3v) is 5.76. The van der Waals surface area contributed by atoms with Gasteiger partial charge in [0.15, 0.2) is 5.69 Å². The highest BCUT2D eigenvalue weighted by Gasteiger charge is 2.35. The SMILES string of the molecule is CNC(=O)c1cn(CC2(O)CCN(C(=O)c3cc(C)n(CCOC)c3C)CC2)nn1. The average Bonchev–Trinajstić information content (AvgIpc) is 3.30. The van der Waals surface area contributed by atoms with E-state index in [2.05, 4.69) is 20.2 Å². The quantitative estimate of drug-likeness (QED) is 0.671. The Hall–Kier alpha value is -2.72. The Morgan fingerprint density at radius 3 is 2.63 bits per heavy atom. The van der Waals surface area contributed by atoms with Crippen molar-refractivity contribution in [3.05, 3.63) is 34.9 Å². The number of aryl methyl sites for hydroxylation is 1. The lowest BCUT2D eigenvalue weighted by molar-refractivity contribution is -0.0318. The lowest BCUT2D eigenvalue weighted by atomic mass is 9.91. The number of methoxy groups -OCH3 is 1. The van der Waals surface area contributed by atoms with Gasteiger partial charge in [-0.2, -0.15) is 0 Å². The third kappa shape index (κ3) is 4.54. The second kappa shape index (κ2) is 8.97. The molecule has 30 heavy (non-hydrogen) atoms. The molecule has 0 aromatic carbocycles. The summed E-state index contributed by atoms with van der Waals surface area (Å²) in [5.74, 6) is -0.340. The first-order valence-corrected chi connectivity index (χ1v) is 10.1. The van der Waals surface area contributed by atoms with Crippen LogP contribution in [0.2, 0.25) is 0 Å². The number of nitrogens with one attached hydrogen (secondary N) is 1. The van der Waals surface area contributed by atoms with E-state index >= 15 is 0 Å². The molecular weight excluding hydrogens is 388 g/mol. The zero-order valence-electron chi connectivity index (χ0n) is 18.0. The second-order valence-corrected chi connectivity index (χ2v) is 7.83. The number of aliphatic hydroxyl groups is 1. The van der Waals surface area contributed by atoms with E-state index in [0.717, 1.165) is 11.4 Å². The van der Waals surface area contributed by atoms with E-state index in [1.54, 1.807) is 12.0 Å². The Labute approximate surface area is 175 Å². The van der Waals surface area contributed by atoms with Crippen LogP contribution in [0, 0.1) is 13.8 Å². The van der Waals surface area contributed by atoms with Crippen LogP contribution in [0.1, 0.15) is 45.1 Å². The van der Waals surface area contributed by atoms with Gasteiger partial charge in [0.1, 0.15) is 0 Å².